The number of nitro benzene ring substituents is 1. The van der Waals surface area contributed by atoms with E-state index in [1.807, 2.05) is 6.07 Å². The van der Waals surface area contributed by atoms with Gasteiger partial charge in [-0.25, -0.2) is 0 Å². The van der Waals surface area contributed by atoms with Crippen molar-refractivity contribution in [2.24, 2.45) is 0 Å². The number of non-ortho nitro benzene ring substituents is 1. The van der Waals surface area contributed by atoms with Crippen molar-refractivity contribution >= 4 is 39.8 Å². The highest BCUT2D eigenvalue weighted by Crippen LogP contribution is 2.31. The summed E-state index contributed by atoms with van der Waals surface area (Å²) in [6.45, 7) is -0.257. The molecule has 0 bridgehead atoms. The molecule has 3 aromatic carbocycles. The minimum atomic E-state index is -0.616. The second-order valence-electron chi connectivity index (χ2n) is 6.71. The molecular weight excluding hydrogens is 414 g/mol. The van der Waals surface area contributed by atoms with Gasteiger partial charge < -0.3 is 19.8 Å². The van der Waals surface area contributed by atoms with E-state index in [0.717, 1.165) is 0 Å². The zero-order valence-corrected chi connectivity index (χ0v) is 16.6. The molecule has 1 aromatic heterocycles. The molecule has 0 fully saturated rings. The molecule has 0 aliphatic carbocycles. The van der Waals surface area contributed by atoms with Crippen molar-refractivity contribution in [2.75, 3.05) is 17.2 Å². The van der Waals surface area contributed by atoms with Gasteiger partial charge in [0.05, 0.1) is 4.92 Å². The van der Waals surface area contributed by atoms with E-state index in [1.54, 1.807) is 48.5 Å². The Labute approximate surface area is 181 Å². The van der Waals surface area contributed by atoms with Gasteiger partial charge in [0.25, 0.3) is 17.5 Å². The van der Waals surface area contributed by atoms with Gasteiger partial charge in [0.2, 0.25) is 5.76 Å². The van der Waals surface area contributed by atoms with E-state index < -0.39 is 16.7 Å². The average molecular weight is 431 g/mol. The number of furan rings is 1. The Balaban J connectivity index is 1.54. The van der Waals surface area contributed by atoms with Crippen LogP contribution in [0.15, 0.2) is 83.3 Å². The molecule has 9 heteroatoms. The van der Waals surface area contributed by atoms with Crippen LogP contribution in [-0.2, 0) is 4.79 Å². The van der Waals surface area contributed by atoms with E-state index in [9.17, 15) is 19.7 Å². The van der Waals surface area contributed by atoms with E-state index >= 15 is 0 Å². The number of benzene rings is 3. The summed E-state index contributed by atoms with van der Waals surface area (Å²) in [5, 5.41) is 16.7. The number of carbonyl (C=O) groups excluding carboxylic acids is 2. The first kappa shape index (κ1) is 20.6. The molecule has 0 unspecified atom stereocenters. The van der Waals surface area contributed by atoms with Crippen LogP contribution in [0.3, 0.4) is 0 Å². The van der Waals surface area contributed by atoms with Crippen molar-refractivity contribution in [1.29, 1.82) is 0 Å². The summed E-state index contributed by atoms with van der Waals surface area (Å²) in [6.07, 6.45) is 0. The highest BCUT2D eigenvalue weighted by Gasteiger charge is 2.22. The third kappa shape index (κ3) is 4.57. The number of nitrogens with zero attached hydrogens (tertiary/aromatic N) is 1. The molecule has 0 radical (unpaired) electrons. The smallest absolute Gasteiger partial charge is 0.293 e. The maximum absolute atomic E-state index is 12.9. The van der Waals surface area contributed by atoms with Crippen LogP contribution < -0.4 is 15.4 Å². The molecule has 0 aliphatic rings. The van der Waals surface area contributed by atoms with Crippen LogP contribution in [0.4, 0.5) is 17.1 Å². The molecule has 0 saturated carbocycles. The fraction of sp³-hybridized carbons (Fsp3) is 0.0435. The van der Waals surface area contributed by atoms with Crippen molar-refractivity contribution in [3.05, 3.63) is 94.7 Å². The van der Waals surface area contributed by atoms with Gasteiger partial charge in [0, 0.05) is 23.2 Å². The predicted molar refractivity (Wildman–Crippen MR) is 118 cm³/mol. The number of ether oxygens (including phenoxy) is 1. The van der Waals surface area contributed by atoms with Crippen LogP contribution in [-0.4, -0.2) is 23.3 Å². The topological polar surface area (TPSA) is 124 Å². The Hall–Kier alpha value is -4.66. The molecule has 4 aromatic rings. The van der Waals surface area contributed by atoms with Gasteiger partial charge in [-0.05, 0) is 36.4 Å². The second kappa shape index (κ2) is 9.00. The number of amides is 2. The van der Waals surface area contributed by atoms with Crippen molar-refractivity contribution in [1.82, 2.24) is 0 Å². The van der Waals surface area contributed by atoms with Crippen LogP contribution in [0.2, 0.25) is 0 Å². The molecule has 0 saturated heterocycles. The summed E-state index contributed by atoms with van der Waals surface area (Å²) < 4.78 is 11.1. The summed E-state index contributed by atoms with van der Waals surface area (Å²) in [6, 6.07) is 21.1. The van der Waals surface area contributed by atoms with Crippen LogP contribution in [0.1, 0.15) is 10.6 Å². The summed E-state index contributed by atoms with van der Waals surface area (Å²) >= 11 is 0. The third-order valence-electron chi connectivity index (χ3n) is 4.52. The van der Waals surface area contributed by atoms with Crippen molar-refractivity contribution in [2.45, 2.75) is 0 Å². The number of hydrogen-bond acceptors (Lipinski definition) is 6. The lowest BCUT2D eigenvalue weighted by molar-refractivity contribution is -0.384. The normalized spacial score (nSPS) is 10.5. The third-order valence-corrected chi connectivity index (χ3v) is 4.52. The Morgan fingerprint density at radius 1 is 0.906 bits per heavy atom. The Morgan fingerprint density at radius 3 is 2.31 bits per heavy atom. The number of carbonyl (C=O) groups is 2. The van der Waals surface area contributed by atoms with Gasteiger partial charge in [-0.1, -0.05) is 30.3 Å². The number of hydrogen-bond donors (Lipinski definition) is 2. The summed E-state index contributed by atoms with van der Waals surface area (Å²) in [7, 11) is 0. The maximum atomic E-state index is 12.9. The van der Waals surface area contributed by atoms with E-state index in [0.29, 0.717) is 22.4 Å². The molecule has 2 amide bonds. The van der Waals surface area contributed by atoms with Gasteiger partial charge >= 0.3 is 0 Å². The van der Waals surface area contributed by atoms with Crippen LogP contribution in [0.5, 0.6) is 5.75 Å². The molecule has 0 spiro atoms. The van der Waals surface area contributed by atoms with Crippen LogP contribution >= 0.6 is 0 Å². The minimum absolute atomic E-state index is 0.0990. The number of nitrogens with one attached hydrogen (secondary N) is 2. The van der Waals surface area contributed by atoms with E-state index in [4.69, 9.17) is 9.15 Å². The molecule has 0 atom stereocenters. The van der Waals surface area contributed by atoms with Crippen molar-refractivity contribution in [3.63, 3.8) is 0 Å². The summed E-state index contributed by atoms with van der Waals surface area (Å²) in [5.74, 6) is -0.646. The monoisotopic (exact) mass is 431 g/mol. The standard InChI is InChI=1S/C23H17N3O6/c27-20(14-31-17-6-2-1-3-7-17)25-21-18-8-4-5-9-19(18)32-22(21)23(28)24-15-10-12-16(13-11-15)26(29)30/h1-13H,14H2,(H,24,28)(H,25,27). The largest absolute Gasteiger partial charge is 0.484 e. The zero-order chi connectivity index (χ0) is 22.5. The molecule has 2 N–H and O–H groups in total. The summed E-state index contributed by atoms with van der Waals surface area (Å²) in [4.78, 5) is 35.6. The molecule has 1 heterocycles. The van der Waals surface area contributed by atoms with Crippen LogP contribution in [0.25, 0.3) is 11.0 Å². The molecule has 32 heavy (non-hydrogen) atoms. The van der Waals surface area contributed by atoms with Gasteiger partial charge in [-0.15, -0.1) is 0 Å². The Kier molecular flexibility index (Phi) is 5.80. The quantitative estimate of drug-likeness (QED) is 0.325. The van der Waals surface area contributed by atoms with Crippen LogP contribution in [0, 0.1) is 10.1 Å². The SMILES string of the molecule is O=C(COc1ccccc1)Nc1c(C(=O)Nc2ccc([N+](=O)[O-])cc2)oc2ccccc12. The highest BCUT2D eigenvalue weighted by molar-refractivity contribution is 6.14. The average Bonchev–Trinajstić information content (AvgIpc) is 3.17. The maximum Gasteiger partial charge on any atom is 0.293 e. The predicted octanol–water partition coefficient (Wildman–Crippen LogP) is 4.61. The first-order valence-corrected chi connectivity index (χ1v) is 9.56. The number of nitro groups is 1. The Bertz CT molecular complexity index is 1280. The van der Waals surface area contributed by atoms with Gasteiger partial charge in [0.15, 0.2) is 6.61 Å². The molecule has 0 aliphatic heterocycles. The second-order valence-corrected chi connectivity index (χ2v) is 6.71. The lowest BCUT2D eigenvalue weighted by Crippen LogP contribution is -2.22. The fourth-order valence-corrected chi connectivity index (χ4v) is 3.02. The van der Waals surface area contributed by atoms with E-state index in [2.05, 4.69) is 10.6 Å². The van der Waals surface area contributed by atoms with Gasteiger partial charge in [-0.3, -0.25) is 19.7 Å². The lowest BCUT2D eigenvalue weighted by atomic mass is 10.2. The number of rotatable bonds is 7. The van der Waals surface area contributed by atoms with Crippen molar-refractivity contribution < 1.29 is 23.7 Å². The number of fused-ring (bicyclic) bond motifs is 1. The molecule has 160 valence electrons. The number of anilines is 2. The fourth-order valence-electron chi connectivity index (χ4n) is 3.02. The zero-order valence-electron chi connectivity index (χ0n) is 16.6. The van der Waals surface area contributed by atoms with E-state index in [1.165, 1.54) is 24.3 Å². The number of para-hydroxylation sites is 2. The Morgan fingerprint density at radius 2 is 1.59 bits per heavy atom. The van der Waals surface area contributed by atoms with E-state index in [-0.39, 0.29) is 23.7 Å². The molecule has 4 rings (SSSR count). The van der Waals surface area contributed by atoms with Crippen molar-refractivity contribution in [3.8, 4) is 5.75 Å². The van der Waals surface area contributed by atoms with Gasteiger partial charge in [-0.2, -0.15) is 0 Å². The molecule has 9 nitrogen and oxygen atoms in total. The minimum Gasteiger partial charge on any atom is -0.484 e. The first-order chi connectivity index (χ1) is 15.5. The lowest BCUT2D eigenvalue weighted by Gasteiger charge is -2.08. The first-order valence-electron chi connectivity index (χ1n) is 9.56. The molecular formula is C23H17N3O6. The summed E-state index contributed by atoms with van der Waals surface area (Å²) in [5.41, 5.74) is 0.867. The van der Waals surface area contributed by atoms with Gasteiger partial charge in [0.1, 0.15) is 17.0 Å². The highest BCUT2D eigenvalue weighted by atomic mass is 16.6.